The van der Waals surface area contributed by atoms with E-state index >= 15 is 0 Å². The topological polar surface area (TPSA) is 56.5 Å². The van der Waals surface area contributed by atoms with Crippen molar-refractivity contribution in [2.24, 2.45) is 0 Å². The monoisotopic (exact) mass is 345 g/mol. The first kappa shape index (κ1) is 11.3. The average molecular weight is 346 g/mol. The number of hydrogen-bond donors (Lipinski definition) is 0. The lowest BCUT2D eigenvalue weighted by Crippen LogP contribution is -1.95. The first-order valence-corrected chi connectivity index (χ1v) is 7.75. The van der Waals surface area contributed by atoms with Crippen LogP contribution < -0.4 is 0 Å². The van der Waals surface area contributed by atoms with Crippen molar-refractivity contribution in [3.63, 3.8) is 0 Å². The van der Waals surface area contributed by atoms with E-state index in [0.29, 0.717) is 5.16 Å². The van der Waals surface area contributed by atoms with E-state index < -0.39 is 0 Å². The SMILES string of the molecule is Brc1ccc(-n2nnnc2Sc2nccs2)s1. The summed E-state index contributed by atoms with van der Waals surface area (Å²) in [5, 5.41) is 15.3. The van der Waals surface area contributed by atoms with Gasteiger partial charge in [-0.3, -0.25) is 0 Å². The Hall–Kier alpha value is -0.770. The van der Waals surface area contributed by atoms with Gasteiger partial charge in [0.2, 0.25) is 5.16 Å². The molecule has 9 heteroatoms. The standard InChI is InChI=1S/C8H4BrN5S3/c9-5-1-2-6(16-5)14-7(11-12-13-14)17-8-10-3-4-15-8/h1-4H. The van der Waals surface area contributed by atoms with Crippen LogP contribution in [0.2, 0.25) is 0 Å². The van der Waals surface area contributed by atoms with Crippen molar-refractivity contribution in [2.45, 2.75) is 9.50 Å². The number of aromatic nitrogens is 5. The molecule has 5 nitrogen and oxygen atoms in total. The Balaban J connectivity index is 1.94. The molecule has 0 fully saturated rings. The highest BCUT2D eigenvalue weighted by Gasteiger charge is 2.12. The molecule has 0 spiro atoms. The summed E-state index contributed by atoms with van der Waals surface area (Å²) < 4.78 is 3.69. The molecule has 3 rings (SSSR count). The Morgan fingerprint density at radius 3 is 3.00 bits per heavy atom. The molecule has 17 heavy (non-hydrogen) atoms. The molecular weight excluding hydrogens is 342 g/mol. The van der Waals surface area contributed by atoms with E-state index in [1.807, 2.05) is 17.5 Å². The molecule has 0 aliphatic rings. The van der Waals surface area contributed by atoms with Crippen LogP contribution in [0.15, 0.2) is 37.0 Å². The lowest BCUT2D eigenvalue weighted by atomic mass is 10.6. The third kappa shape index (κ3) is 2.41. The Kier molecular flexibility index (Phi) is 3.23. The average Bonchev–Trinajstić information content (AvgIpc) is 2.99. The minimum atomic E-state index is 0.717. The molecule has 0 bridgehead atoms. The molecule has 0 atom stereocenters. The molecule has 0 saturated carbocycles. The highest BCUT2D eigenvalue weighted by Crippen LogP contribution is 2.31. The molecule has 3 aromatic heterocycles. The summed E-state index contributed by atoms with van der Waals surface area (Å²) in [5.41, 5.74) is 0. The Bertz CT molecular complexity index is 617. The maximum absolute atomic E-state index is 4.20. The van der Waals surface area contributed by atoms with E-state index in [1.165, 1.54) is 11.8 Å². The van der Waals surface area contributed by atoms with Crippen LogP contribution in [0.4, 0.5) is 0 Å². The van der Waals surface area contributed by atoms with E-state index in [9.17, 15) is 0 Å². The van der Waals surface area contributed by atoms with Gasteiger partial charge in [0.1, 0.15) is 5.00 Å². The van der Waals surface area contributed by atoms with Crippen molar-refractivity contribution in [2.75, 3.05) is 0 Å². The maximum atomic E-state index is 4.20. The van der Waals surface area contributed by atoms with Crippen LogP contribution in [0.5, 0.6) is 0 Å². The first-order chi connectivity index (χ1) is 8.33. The van der Waals surface area contributed by atoms with Crippen LogP contribution in [0.3, 0.4) is 0 Å². The molecule has 0 saturated heterocycles. The number of tetrazole rings is 1. The highest BCUT2D eigenvalue weighted by molar-refractivity contribution is 9.11. The van der Waals surface area contributed by atoms with E-state index in [2.05, 4.69) is 36.4 Å². The normalized spacial score (nSPS) is 10.9. The summed E-state index contributed by atoms with van der Waals surface area (Å²) in [7, 11) is 0. The smallest absolute Gasteiger partial charge is 0.221 e. The van der Waals surface area contributed by atoms with E-state index in [-0.39, 0.29) is 0 Å². The van der Waals surface area contributed by atoms with E-state index in [1.54, 1.807) is 33.6 Å². The van der Waals surface area contributed by atoms with Crippen molar-refractivity contribution < 1.29 is 0 Å². The lowest BCUT2D eigenvalue weighted by molar-refractivity contribution is 0.768. The molecule has 0 radical (unpaired) electrons. The summed E-state index contributed by atoms with van der Waals surface area (Å²) >= 11 is 8.03. The highest BCUT2D eigenvalue weighted by atomic mass is 79.9. The van der Waals surface area contributed by atoms with Crippen molar-refractivity contribution >= 4 is 50.4 Å². The van der Waals surface area contributed by atoms with Crippen molar-refractivity contribution in [3.8, 4) is 5.00 Å². The van der Waals surface area contributed by atoms with Crippen molar-refractivity contribution in [1.82, 2.24) is 25.2 Å². The van der Waals surface area contributed by atoms with Gasteiger partial charge in [0.05, 0.1) is 3.79 Å². The van der Waals surface area contributed by atoms with E-state index in [4.69, 9.17) is 0 Å². The largest absolute Gasteiger partial charge is 0.238 e. The third-order valence-corrected chi connectivity index (χ3v) is 5.22. The molecule has 0 unspecified atom stereocenters. The van der Waals surface area contributed by atoms with Gasteiger partial charge in [0.25, 0.3) is 0 Å². The van der Waals surface area contributed by atoms with Crippen LogP contribution in [-0.4, -0.2) is 25.2 Å². The minimum absolute atomic E-state index is 0.717. The van der Waals surface area contributed by atoms with Gasteiger partial charge < -0.3 is 0 Å². The van der Waals surface area contributed by atoms with Gasteiger partial charge in [0, 0.05) is 11.6 Å². The van der Waals surface area contributed by atoms with Gasteiger partial charge in [-0.1, -0.05) is 0 Å². The summed E-state index contributed by atoms with van der Waals surface area (Å²) in [5.74, 6) is 0. The zero-order valence-electron chi connectivity index (χ0n) is 8.15. The molecule has 3 heterocycles. The number of thiazole rings is 1. The second-order valence-electron chi connectivity index (χ2n) is 2.85. The number of hydrogen-bond acceptors (Lipinski definition) is 7. The number of halogens is 1. The third-order valence-electron chi connectivity index (χ3n) is 1.80. The van der Waals surface area contributed by atoms with Gasteiger partial charge in [-0.25, -0.2) is 4.98 Å². The second-order valence-corrected chi connectivity index (χ2v) is 7.40. The number of rotatable bonds is 3. The van der Waals surface area contributed by atoms with Crippen LogP contribution in [0.1, 0.15) is 0 Å². The van der Waals surface area contributed by atoms with Gasteiger partial charge >= 0.3 is 0 Å². The zero-order valence-corrected chi connectivity index (χ0v) is 12.2. The van der Waals surface area contributed by atoms with Gasteiger partial charge in [-0.05, 0) is 50.3 Å². The molecule has 0 amide bonds. The predicted octanol–water partition coefficient (Wildman–Crippen LogP) is 3.09. The molecule has 0 aliphatic carbocycles. The molecule has 0 aliphatic heterocycles. The van der Waals surface area contributed by atoms with Gasteiger partial charge in [-0.15, -0.1) is 27.8 Å². The van der Waals surface area contributed by atoms with Gasteiger partial charge in [-0.2, -0.15) is 4.68 Å². The second kappa shape index (κ2) is 4.84. The summed E-state index contributed by atoms with van der Waals surface area (Å²) in [4.78, 5) is 4.20. The fourth-order valence-electron chi connectivity index (χ4n) is 1.14. The van der Waals surface area contributed by atoms with Crippen LogP contribution in [-0.2, 0) is 0 Å². The molecule has 0 aromatic carbocycles. The molecular formula is C8H4BrN5S3. The maximum Gasteiger partial charge on any atom is 0.221 e. The number of thiophene rings is 1. The molecule has 3 aromatic rings. The Morgan fingerprint density at radius 2 is 2.29 bits per heavy atom. The lowest BCUT2D eigenvalue weighted by Gasteiger charge is -1.97. The quantitative estimate of drug-likeness (QED) is 0.729. The van der Waals surface area contributed by atoms with Crippen LogP contribution in [0.25, 0.3) is 5.00 Å². The van der Waals surface area contributed by atoms with Crippen molar-refractivity contribution in [3.05, 3.63) is 27.5 Å². The van der Waals surface area contributed by atoms with Crippen molar-refractivity contribution in [1.29, 1.82) is 0 Å². The van der Waals surface area contributed by atoms with Gasteiger partial charge in [0.15, 0.2) is 4.34 Å². The predicted molar refractivity (Wildman–Crippen MR) is 71.0 cm³/mol. The summed E-state index contributed by atoms with van der Waals surface area (Å²) in [6.07, 6.45) is 1.77. The Labute approximate surface area is 117 Å². The number of nitrogens with zero attached hydrogens (tertiary/aromatic N) is 5. The fraction of sp³-hybridized carbons (Fsp3) is 0. The van der Waals surface area contributed by atoms with Crippen LogP contribution in [0, 0.1) is 0 Å². The molecule has 86 valence electrons. The first-order valence-electron chi connectivity index (χ1n) is 4.44. The Morgan fingerprint density at radius 1 is 1.35 bits per heavy atom. The fourth-order valence-corrected chi connectivity index (χ4v) is 4.02. The summed E-state index contributed by atoms with van der Waals surface area (Å²) in [6, 6.07) is 3.94. The minimum Gasteiger partial charge on any atom is -0.238 e. The van der Waals surface area contributed by atoms with E-state index in [0.717, 1.165) is 13.1 Å². The molecule has 0 N–H and O–H groups in total. The zero-order chi connectivity index (χ0) is 11.7. The summed E-state index contributed by atoms with van der Waals surface area (Å²) in [6.45, 7) is 0. The van der Waals surface area contributed by atoms with Crippen LogP contribution >= 0.6 is 50.4 Å².